The molecule has 0 aliphatic heterocycles. The molecule has 0 aliphatic carbocycles. The lowest BCUT2D eigenvalue weighted by atomic mass is 10.7. The summed E-state index contributed by atoms with van der Waals surface area (Å²) in [6.45, 7) is 0. The van der Waals surface area contributed by atoms with E-state index in [4.69, 9.17) is 4.42 Å². The predicted octanol–water partition coefficient (Wildman–Crippen LogP) is 0.418. The fourth-order valence-electron chi connectivity index (χ4n) is 0.576. The van der Waals surface area contributed by atoms with Crippen LogP contribution in [-0.4, -0.2) is 15.0 Å². The third-order valence-corrected chi connectivity index (χ3v) is 0.940. The van der Waals surface area contributed by atoms with Crippen LogP contribution in [0.5, 0.6) is 0 Å². The summed E-state index contributed by atoms with van der Waals surface area (Å²) in [6, 6.07) is 0. The fraction of sp³-hybridized carbons (Fsp3) is 0. The Bertz CT molecular complexity index is 286. The van der Waals surface area contributed by atoms with Gasteiger partial charge in [-0.3, -0.25) is 0 Å². The van der Waals surface area contributed by atoms with Gasteiger partial charge in [0.1, 0.15) is 0 Å². The number of aromatic nitrogens is 3. The highest BCUT2D eigenvalue weighted by Gasteiger charge is 1.95. The van der Waals surface area contributed by atoms with Gasteiger partial charge in [0.2, 0.25) is 5.65 Å². The number of fused-ring (bicyclic) bond motifs is 1. The van der Waals surface area contributed by atoms with Crippen molar-refractivity contribution in [1.82, 2.24) is 15.0 Å². The Kier molecular flexibility index (Phi) is 0.745. The molecule has 1 radical (unpaired) electrons. The zero-order valence-electron chi connectivity index (χ0n) is 4.40. The Morgan fingerprint density at radius 1 is 1.33 bits per heavy atom. The lowest BCUT2D eigenvalue weighted by molar-refractivity contribution is 0.580. The van der Waals surface area contributed by atoms with Crippen LogP contribution in [-0.2, 0) is 0 Å². The summed E-state index contributed by atoms with van der Waals surface area (Å²) in [6.07, 6.45) is 5.38. The van der Waals surface area contributed by atoms with Crippen molar-refractivity contribution < 1.29 is 4.42 Å². The highest BCUT2D eigenvalue weighted by molar-refractivity contribution is 5.60. The number of hydrogen-bond acceptors (Lipinski definition) is 4. The van der Waals surface area contributed by atoms with Crippen LogP contribution >= 0.6 is 0 Å². The van der Waals surface area contributed by atoms with Gasteiger partial charge in [-0.05, 0) is 0 Å². The molecule has 0 saturated heterocycles. The normalized spacial score (nSPS) is 10.2. The van der Waals surface area contributed by atoms with Gasteiger partial charge >= 0.3 is 0 Å². The summed E-state index contributed by atoms with van der Waals surface area (Å²) < 4.78 is 4.71. The van der Waals surface area contributed by atoms with E-state index >= 15 is 0 Å². The van der Waals surface area contributed by atoms with Gasteiger partial charge in [0, 0.05) is 12.4 Å². The molecule has 0 fully saturated rings. The van der Waals surface area contributed by atoms with Gasteiger partial charge in [0.05, 0.1) is 0 Å². The van der Waals surface area contributed by atoms with Crippen LogP contribution in [0.1, 0.15) is 0 Å². The Labute approximate surface area is 50.6 Å². The Hall–Kier alpha value is -1.45. The Morgan fingerprint density at radius 2 is 2.22 bits per heavy atom. The van der Waals surface area contributed by atoms with Gasteiger partial charge in [0.15, 0.2) is 0 Å². The van der Waals surface area contributed by atoms with E-state index < -0.39 is 0 Å². The van der Waals surface area contributed by atoms with Gasteiger partial charge < -0.3 is 4.42 Å². The van der Waals surface area contributed by atoms with Crippen molar-refractivity contribution in [3.05, 3.63) is 18.8 Å². The summed E-state index contributed by atoms with van der Waals surface area (Å²) >= 11 is 0. The highest BCUT2D eigenvalue weighted by Crippen LogP contribution is 2.01. The molecule has 2 heterocycles. The van der Waals surface area contributed by atoms with Crippen molar-refractivity contribution in [2.45, 2.75) is 0 Å². The molecule has 4 nitrogen and oxygen atoms in total. The summed E-state index contributed by atoms with van der Waals surface area (Å²) in [5, 5.41) is 0. The monoisotopic (exact) mass is 120 g/mol. The van der Waals surface area contributed by atoms with Crippen LogP contribution in [0.15, 0.2) is 16.8 Å². The molecular formula is C5H2N3O. The molecule has 0 N–H and O–H groups in total. The third-order valence-electron chi connectivity index (χ3n) is 0.940. The highest BCUT2D eigenvalue weighted by atomic mass is 16.3. The quantitative estimate of drug-likeness (QED) is 0.505. The van der Waals surface area contributed by atoms with Crippen molar-refractivity contribution >= 4 is 11.4 Å². The van der Waals surface area contributed by atoms with Gasteiger partial charge in [-0.25, -0.2) is 9.97 Å². The van der Waals surface area contributed by atoms with Gasteiger partial charge in [-0.2, -0.15) is 4.98 Å². The molecule has 0 saturated carbocycles. The molecule has 9 heavy (non-hydrogen) atoms. The first kappa shape index (κ1) is 4.43. The average molecular weight is 120 g/mol. The molecule has 2 rings (SSSR count). The third kappa shape index (κ3) is 0.561. The lowest BCUT2D eigenvalue weighted by Gasteiger charge is -1.78. The molecule has 0 spiro atoms. The van der Waals surface area contributed by atoms with Crippen molar-refractivity contribution in [1.29, 1.82) is 0 Å². The molecule has 0 amide bonds. The molecule has 2 aromatic rings. The van der Waals surface area contributed by atoms with E-state index in [-0.39, 0.29) is 0 Å². The van der Waals surface area contributed by atoms with Crippen molar-refractivity contribution in [2.75, 3.05) is 0 Å². The van der Waals surface area contributed by atoms with Gasteiger partial charge in [0.25, 0.3) is 12.1 Å². The minimum atomic E-state index is 0.428. The van der Waals surface area contributed by atoms with Crippen LogP contribution in [0.3, 0.4) is 0 Å². The summed E-state index contributed by atoms with van der Waals surface area (Å²) in [4.78, 5) is 11.3. The summed E-state index contributed by atoms with van der Waals surface area (Å²) in [5.41, 5.74) is 0.926. The van der Waals surface area contributed by atoms with Crippen LogP contribution in [0.4, 0.5) is 0 Å². The molecule has 43 valence electrons. The maximum Gasteiger partial charge on any atom is 0.287 e. The molecule has 2 aromatic heterocycles. The first-order valence-electron chi connectivity index (χ1n) is 2.40. The van der Waals surface area contributed by atoms with E-state index in [1.165, 1.54) is 0 Å². The molecule has 4 heteroatoms. The summed E-state index contributed by atoms with van der Waals surface area (Å²) in [5.74, 6) is 0. The first-order chi connectivity index (χ1) is 4.47. The minimum absolute atomic E-state index is 0.428. The first-order valence-corrected chi connectivity index (χ1v) is 2.40. The van der Waals surface area contributed by atoms with Crippen LogP contribution in [0.2, 0.25) is 0 Å². The molecule has 0 aliphatic rings. The second-order valence-electron chi connectivity index (χ2n) is 1.49. The maximum absolute atomic E-state index is 4.71. The molecular weight excluding hydrogens is 118 g/mol. The van der Waals surface area contributed by atoms with Gasteiger partial charge in [-0.1, -0.05) is 0 Å². The Balaban J connectivity index is 2.95. The van der Waals surface area contributed by atoms with Crippen molar-refractivity contribution in [3.8, 4) is 0 Å². The predicted molar refractivity (Wildman–Crippen MR) is 28.4 cm³/mol. The van der Waals surface area contributed by atoms with E-state index in [1.807, 2.05) is 0 Å². The fourth-order valence-corrected chi connectivity index (χ4v) is 0.576. The average Bonchev–Trinajstić information content (AvgIpc) is 2.33. The number of hydrogen-bond donors (Lipinski definition) is 0. The SMILES string of the molecule is [c]1nc2nccnc2o1. The maximum atomic E-state index is 4.71. The summed E-state index contributed by atoms with van der Waals surface area (Å²) in [7, 11) is 0. The second kappa shape index (κ2) is 1.51. The van der Waals surface area contributed by atoms with E-state index in [2.05, 4.69) is 21.3 Å². The molecule has 0 unspecified atom stereocenters. The van der Waals surface area contributed by atoms with E-state index in [0.29, 0.717) is 11.4 Å². The zero-order valence-corrected chi connectivity index (χ0v) is 4.40. The Morgan fingerprint density at radius 3 is 3.11 bits per heavy atom. The smallest absolute Gasteiger partial charge is 0.287 e. The van der Waals surface area contributed by atoms with Crippen LogP contribution in [0.25, 0.3) is 11.4 Å². The standard InChI is InChI=1S/C5H2N3O/c1-2-7-5-4(6-1)8-3-9-5/h1-2H. The zero-order chi connectivity index (χ0) is 6.10. The van der Waals surface area contributed by atoms with E-state index in [0.717, 1.165) is 0 Å². The molecule has 0 bridgehead atoms. The number of oxazole rings is 1. The van der Waals surface area contributed by atoms with Crippen molar-refractivity contribution in [2.24, 2.45) is 0 Å². The lowest BCUT2D eigenvalue weighted by Crippen LogP contribution is -1.75. The van der Waals surface area contributed by atoms with Crippen LogP contribution in [0, 0.1) is 6.39 Å². The van der Waals surface area contributed by atoms with E-state index in [1.54, 1.807) is 12.4 Å². The number of rotatable bonds is 0. The molecule has 0 aromatic carbocycles. The second-order valence-corrected chi connectivity index (χ2v) is 1.49. The van der Waals surface area contributed by atoms with Crippen molar-refractivity contribution in [3.63, 3.8) is 0 Å². The number of nitrogens with zero attached hydrogens (tertiary/aromatic N) is 3. The topological polar surface area (TPSA) is 51.8 Å². The molecule has 0 atom stereocenters. The largest absolute Gasteiger partial charge is 0.412 e. The minimum Gasteiger partial charge on any atom is -0.412 e. The van der Waals surface area contributed by atoms with Crippen LogP contribution < -0.4 is 0 Å². The van der Waals surface area contributed by atoms with E-state index in [9.17, 15) is 0 Å². The van der Waals surface area contributed by atoms with Gasteiger partial charge in [-0.15, -0.1) is 0 Å².